The van der Waals surface area contributed by atoms with Crippen molar-refractivity contribution in [2.24, 2.45) is 0 Å². The molecule has 0 aliphatic heterocycles. The van der Waals surface area contributed by atoms with E-state index in [0.717, 1.165) is 5.56 Å². The van der Waals surface area contributed by atoms with E-state index in [0.29, 0.717) is 37.2 Å². The maximum Gasteiger partial charge on any atom is 0.160 e. The molecule has 0 bridgehead atoms. The van der Waals surface area contributed by atoms with Crippen LogP contribution in [0.1, 0.15) is 5.56 Å². The molecule has 2 aromatic carbocycles. The van der Waals surface area contributed by atoms with Crippen LogP contribution in [0.3, 0.4) is 0 Å². The smallest absolute Gasteiger partial charge is 0.160 e. The first kappa shape index (κ1) is 17.3. The Hall–Kier alpha value is -1.52. The molecule has 0 fully saturated rings. The first-order valence-corrected chi connectivity index (χ1v) is 8.39. The second-order valence-corrected chi connectivity index (χ2v) is 6.52. The Kier molecular flexibility index (Phi) is 5.47. The lowest BCUT2D eigenvalue weighted by molar-refractivity contribution is 0.306. The Balaban J connectivity index is 1.88. The number of hydrogen-bond acceptors (Lipinski definition) is 3. The number of halogens is 4. The van der Waals surface area contributed by atoms with Crippen LogP contribution in [0.4, 0.5) is 0 Å². The van der Waals surface area contributed by atoms with Crippen molar-refractivity contribution < 1.29 is 4.74 Å². The molecule has 3 nitrogen and oxygen atoms in total. The van der Waals surface area contributed by atoms with Crippen molar-refractivity contribution in [3.8, 4) is 17.1 Å². The molecular weight excluding hydrogens is 390 g/mol. The Bertz CT molecular complexity index is 872. The van der Waals surface area contributed by atoms with Crippen molar-refractivity contribution in [3.05, 3.63) is 74.4 Å². The van der Waals surface area contributed by atoms with E-state index in [-0.39, 0.29) is 6.61 Å². The van der Waals surface area contributed by atoms with Gasteiger partial charge in [0.15, 0.2) is 5.82 Å². The van der Waals surface area contributed by atoms with Gasteiger partial charge in [-0.1, -0.05) is 46.4 Å². The summed E-state index contributed by atoms with van der Waals surface area (Å²) in [6, 6.07) is 10.2. The molecule has 0 aliphatic carbocycles. The van der Waals surface area contributed by atoms with Crippen molar-refractivity contribution in [1.82, 2.24) is 9.97 Å². The van der Waals surface area contributed by atoms with E-state index in [9.17, 15) is 0 Å². The zero-order valence-corrected chi connectivity index (χ0v) is 15.2. The Morgan fingerprint density at radius 3 is 2.29 bits per heavy atom. The molecule has 3 aromatic rings. The summed E-state index contributed by atoms with van der Waals surface area (Å²) in [6.07, 6.45) is 3.30. The van der Waals surface area contributed by atoms with Crippen LogP contribution in [0.2, 0.25) is 20.1 Å². The third-order valence-electron chi connectivity index (χ3n) is 3.22. The van der Waals surface area contributed by atoms with Gasteiger partial charge in [-0.25, -0.2) is 9.97 Å². The highest BCUT2D eigenvalue weighted by Crippen LogP contribution is 2.33. The predicted octanol–water partition coefficient (Wildman–Crippen LogP) is 6.34. The molecule has 0 N–H and O–H groups in total. The summed E-state index contributed by atoms with van der Waals surface area (Å²) >= 11 is 24.5. The molecule has 0 atom stereocenters. The zero-order valence-electron chi connectivity index (χ0n) is 12.1. The van der Waals surface area contributed by atoms with E-state index in [2.05, 4.69) is 9.97 Å². The lowest BCUT2D eigenvalue weighted by Gasteiger charge is -2.12. The molecule has 0 amide bonds. The van der Waals surface area contributed by atoms with E-state index >= 15 is 0 Å². The molecule has 1 aromatic heterocycles. The zero-order chi connectivity index (χ0) is 17.1. The number of benzene rings is 2. The van der Waals surface area contributed by atoms with Crippen molar-refractivity contribution in [2.75, 3.05) is 0 Å². The average molecular weight is 400 g/mol. The highest BCUT2D eigenvalue weighted by atomic mass is 35.5. The third kappa shape index (κ3) is 3.93. The Labute approximate surface area is 159 Å². The SMILES string of the molecule is Clc1ccc(OCc2cc(-c3ncccn3)c(Cl)cc2Cl)c(Cl)c1. The number of aromatic nitrogens is 2. The molecule has 7 heteroatoms. The molecule has 0 saturated carbocycles. The lowest BCUT2D eigenvalue weighted by Crippen LogP contribution is -1.99. The fourth-order valence-corrected chi connectivity index (χ4v) is 3.05. The lowest BCUT2D eigenvalue weighted by atomic mass is 10.1. The number of rotatable bonds is 4. The van der Waals surface area contributed by atoms with Gasteiger partial charge in [0.05, 0.1) is 10.0 Å². The van der Waals surface area contributed by atoms with E-state index in [1.54, 1.807) is 42.7 Å². The molecule has 0 unspecified atom stereocenters. The maximum atomic E-state index is 6.26. The van der Waals surface area contributed by atoms with Crippen LogP contribution in [0.25, 0.3) is 11.4 Å². The summed E-state index contributed by atoms with van der Waals surface area (Å²) < 4.78 is 5.73. The summed E-state index contributed by atoms with van der Waals surface area (Å²) in [5.74, 6) is 1.04. The van der Waals surface area contributed by atoms with Crippen LogP contribution in [-0.4, -0.2) is 9.97 Å². The van der Waals surface area contributed by atoms with Gasteiger partial charge in [0.1, 0.15) is 12.4 Å². The number of hydrogen-bond donors (Lipinski definition) is 0. The Morgan fingerprint density at radius 2 is 1.58 bits per heavy atom. The van der Waals surface area contributed by atoms with Gasteiger partial charge in [0, 0.05) is 33.6 Å². The minimum absolute atomic E-state index is 0.219. The Morgan fingerprint density at radius 1 is 0.833 bits per heavy atom. The van der Waals surface area contributed by atoms with Crippen LogP contribution in [0, 0.1) is 0 Å². The van der Waals surface area contributed by atoms with Crippen molar-refractivity contribution in [2.45, 2.75) is 6.61 Å². The molecule has 0 spiro atoms. The summed E-state index contributed by atoms with van der Waals surface area (Å²) in [5, 5.41) is 1.93. The second-order valence-electron chi connectivity index (χ2n) is 4.86. The highest BCUT2D eigenvalue weighted by molar-refractivity contribution is 6.37. The third-order valence-corrected chi connectivity index (χ3v) is 4.41. The van der Waals surface area contributed by atoms with Crippen LogP contribution in [0.5, 0.6) is 5.75 Å². The van der Waals surface area contributed by atoms with Gasteiger partial charge in [-0.15, -0.1) is 0 Å². The molecule has 3 rings (SSSR count). The molecule has 1 heterocycles. The molecule has 122 valence electrons. The quantitative estimate of drug-likeness (QED) is 0.513. The van der Waals surface area contributed by atoms with E-state index < -0.39 is 0 Å². The fraction of sp³-hybridized carbons (Fsp3) is 0.0588. The minimum atomic E-state index is 0.219. The van der Waals surface area contributed by atoms with E-state index in [1.165, 1.54) is 0 Å². The molecule has 24 heavy (non-hydrogen) atoms. The van der Waals surface area contributed by atoms with Crippen LogP contribution in [0.15, 0.2) is 48.8 Å². The van der Waals surface area contributed by atoms with Crippen LogP contribution >= 0.6 is 46.4 Å². The summed E-state index contributed by atoms with van der Waals surface area (Å²) in [5.41, 5.74) is 1.43. The van der Waals surface area contributed by atoms with Gasteiger partial charge in [-0.3, -0.25) is 0 Å². The normalized spacial score (nSPS) is 10.7. The topological polar surface area (TPSA) is 35.0 Å². The first-order valence-electron chi connectivity index (χ1n) is 6.88. The molecule has 0 aliphatic rings. The standard InChI is InChI=1S/C17H10Cl4N2O/c18-11-2-3-16(15(21)7-11)24-9-10-6-12(14(20)8-13(10)19)17-22-4-1-5-23-17/h1-8H,9H2. The van der Waals surface area contributed by atoms with Crippen molar-refractivity contribution in [1.29, 1.82) is 0 Å². The van der Waals surface area contributed by atoms with Gasteiger partial charge < -0.3 is 4.74 Å². The second kappa shape index (κ2) is 7.58. The van der Waals surface area contributed by atoms with Crippen molar-refractivity contribution >= 4 is 46.4 Å². The highest BCUT2D eigenvalue weighted by Gasteiger charge is 2.12. The van der Waals surface area contributed by atoms with Gasteiger partial charge in [-0.05, 0) is 36.4 Å². The fourth-order valence-electron chi connectivity index (χ4n) is 2.06. The molecular formula is C17H10Cl4N2O. The molecule has 0 saturated heterocycles. The predicted molar refractivity (Wildman–Crippen MR) is 98.3 cm³/mol. The van der Waals surface area contributed by atoms with Gasteiger partial charge in [0.2, 0.25) is 0 Å². The average Bonchev–Trinajstić information content (AvgIpc) is 2.56. The van der Waals surface area contributed by atoms with Crippen LogP contribution < -0.4 is 4.74 Å². The molecule has 0 radical (unpaired) electrons. The van der Waals surface area contributed by atoms with Crippen molar-refractivity contribution in [3.63, 3.8) is 0 Å². The number of nitrogens with zero attached hydrogens (tertiary/aromatic N) is 2. The number of ether oxygens (including phenoxy) is 1. The van der Waals surface area contributed by atoms with Crippen LogP contribution in [-0.2, 0) is 6.61 Å². The van der Waals surface area contributed by atoms with E-state index in [4.69, 9.17) is 51.1 Å². The van der Waals surface area contributed by atoms with Gasteiger partial charge in [0.25, 0.3) is 0 Å². The van der Waals surface area contributed by atoms with Gasteiger partial charge >= 0.3 is 0 Å². The van der Waals surface area contributed by atoms with E-state index in [1.807, 2.05) is 6.07 Å². The first-order chi connectivity index (χ1) is 11.5. The summed E-state index contributed by atoms with van der Waals surface area (Å²) in [7, 11) is 0. The summed E-state index contributed by atoms with van der Waals surface area (Å²) in [4.78, 5) is 8.41. The monoisotopic (exact) mass is 398 g/mol. The minimum Gasteiger partial charge on any atom is -0.487 e. The van der Waals surface area contributed by atoms with Gasteiger partial charge in [-0.2, -0.15) is 0 Å². The largest absolute Gasteiger partial charge is 0.487 e. The summed E-state index contributed by atoms with van der Waals surface area (Å²) in [6.45, 7) is 0.219. The maximum absolute atomic E-state index is 6.26.